The number of urea groups is 1. The van der Waals surface area contributed by atoms with E-state index in [9.17, 15) is 14.4 Å². The summed E-state index contributed by atoms with van der Waals surface area (Å²) in [5.41, 5.74) is 5.01. The number of carbonyl (C=O) groups excluding carboxylic acids is 2. The molecule has 0 spiro atoms. The van der Waals surface area contributed by atoms with Crippen molar-refractivity contribution in [2.75, 3.05) is 6.54 Å². The third kappa shape index (κ3) is 5.15. The van der Waals surface area contributed by atoms with Crippen molar-refractivity contribution in [3.63, 3.8) is 0 Å². The zero-order valence-electron chi connectivity index (χ0n) is 11.1. The van der Waals surface area contributed by atoms with Crippen molar-refractivity contribution >= 4 is 17.9 Å². The maximum atomic E-state index is 11.6. The average Bonchev–Trinajstić information content (AvgIpc) is 2.73. The number of aliphatic carboxylic acids is 1. The van der Waals surface area contributed by atoms with Crippen LogP contribution in [0.1, 0.15) is 39.0 Å². The predicted octanol–water partition coefficient (Wildman–Crippen LogP) is 0.194. The highest BCUT2D eigenvalue weighted by Crippen LogP contribution is 2.36. The minimum Gasteiger partial charge on any atom is -0.480 e. The second kappa shape index (κ2) is 6.40. The van der Waals surface area contributed by atoms with Gasteiger partial charge in [-0.3, -0.25) is 4.79 Å². The fourth-order valence-electron chi connectivity index (χ4n) is 2.31. The van der Waals surface area contributed by atoms with Crippen LogP contribution in [0.4, 0.5) is 4.79 Å². The molecule has 0 aromatic heterocycles. The van der Waals surface area contributed by atoms with Gasteiger partial charge in [0.15, 0.2) is 0 Å². The normalized spacial score (nSPS) is 18.6. The first-order chi connectivity index (χ1) is 8.82. The smallest absolute Gasteiger partial charge is 0.326 e. The van der Waals surface area contributed by atoms with Crippen LogP contribution in [-0.2, 0) is 9.59 Å². The Balaban J connectivity index is 2.40. The molecular formula is C12H21N3O4. The molecule has 0 unspecified atom stereocenters. The fraction of sp³-hybridized carbons (Fsp3) is 0.750. The summed E-state index contributed by atoms with van der Waals surface area (Å²) in [6.45, 7) is 2.60. The predicted molar refractivity (Wildman–Crippen MR) is 68.3 cm³/mol. The summed E-state index contributed by atoms with van der Waals surface area (Å²) in [7, 11) is 0. The minimum atomic E-state index is -1.28. The zero-order chi connectivity index (χ0) is 14.5. The number of hydrogen-bond donors (Lipinski definition) is 4. The summed E-state index contributed by atoms with van der Waals surface area (Å²) < 4.78 is 0. The molecule has 1 fully saturated rings. The number of hydrogen-bond acceptors (Lipinski definition) is 3. The van der Waals surface area contributed by atoms with Gasteiger partial charge in [0.1, 0.15) is 6.04 Å². The van der Waals surface area contributed by atoms with Crippen molar-refractivity contribution < 1.29 is 19.5 Å². The third-order valence-corrected chi connectivity index (χ3v) is 3.50. The first kappa shape index (κ1) is 15.3. The van der Waals surface area contributed by atoms with E-state index in [0.29, 0.717) is 6.54 Å². The standard InChI is InChI=1S/C12H21N3O4/c1-12(4-2-3-5-12)7-14-11(19)15-8(10(17)18)6-9(13)16/h8H,2-7H2,1H3,(H2,13,16)(H,17,18)(H2,14,15,19)/t8-/m0/s1. The quantitative estimate of drug-likeness (QED) is 0.551. The van der Waals surface area contributed by atoms with Crippen molar-refractivity contribution in [3.05, 3.63) is 0 Å². The summed E-state index contributed by atoms with van der Waals surface area (Å²) in [5.74, 6) is -2.04. The lowest BCUT2D eigenvalue weighted by atomic mass is 9.89. The van der Waals surface area contributed by atoms with Gasteiger partial charge < -0.3 is 21.5 Å². The third-order valence-electron chi connectivity index (χ3n) is 3.50. The van der Waals surface area contributed by atoms with E-state index < -0.39 is 30.4 Å². The van der Waals surface area contributed by atoms with E-state index in [4.69, 9.17) is 10.8 Å². The molecule has 0 aromatic carbocycles. The molecule has 5 N–H and O–H groups in total. The molecule has 108 valence electrons. The average molecular weight is 271 g/mol. The van der Waals surface area contributed by atoms with Crippen molar-refractivity contribution in [1.82, 2.24) is 10.6 Å². The molecule has 1 aliphatic rings. The van der Waals surface area contributed by atoms with Crippen LogP contribution >= 0.6 is 0 Å². The Labute approximate surface area is 111 Å². The number of carbonyl (C=O) groups is 3. The first-order valence-electron chi connectivity index (χ1n) is 6.38. The van der Waals surface area contributed by atoms with Crippen LogP contribution in [0.2, 0.25) is 0 Å². The van der Waals surface area contributed by atoms with Crippen LogP contribution in [0.15, 0.2) is 0 Å². The minimum absolute atomic E-state index is 0.0831. The highest BCUT2D eigenvalue weighted by molar-refractivity contribution is 5.87. The number of nitrogens with two attached hydrogens (primary N) is 1. The molecule has 0 radical (unpaired) electrons. The van der Waals surface area contributed by atoms with Gasteiger partial charge in [-0.15, -0.1) is 0 Å². The summed E-state index contributed by atoms with van der Waals surface area (Å²) in [6.07, 6.45) is 3.99. The van der Waals surface area contributed by atoms with Crippen LogP contribution in [0.3, 0.4) is 0 Å². The van der Waals surface area contributed by atoms with E-state index in [1.807, 2.05) is 0 Å². The van der Waals surface area contributed by atoms with Crippen molar-refractivity contribution in [3.8, 4) is 0 Å². The fourth-order valence-corrected chi connectivity index (χ4v) is 2.31. The Morgan fingerprint density at radius 3 is 2.37 bits per heavy atom. The lowest BCUT2D eigenvalue weighted by molar-refractivity contribution is -0.140. The zero-order valence-corrected chi connectivity index (χ0v) is 11.1. The van der Waals surface area contributed by atoms with E-state index in [2.05, 4.69) is 17.6 Å². The second-order valence-corrected chi connectivity index (χ2v) is 5.41. The number of primary amides is 1. The largest absolute Gasteiger partial charge is 0.480 e. The lowest BCUT2D eigenvalue weighted by Gasteiger charge is -2.24. The van der Waals surface area contributed by atoms with Gasteiger partial charge in [0.2, 0.25) is 5.91 Å². The van der Waals surface area contributed by atoms with Crippen molar-refractivity contribution in [2.24, 2.45) is 11.1 Å². The molecule has 1 saturated carbocycles. The summed E-state index contributed by atoms with van der Waals surface area (Å²) in [6, 6.07) is -1.87. The molecule has 1 rings (SSSR count). The topological polar surface area (TPSA) is 122 Å². The highest BCUT2D eigenvalue weighted by Gasteiger charge is 2.29. The van der Waals surface area contributed by atoms with E-state index in [-0.39, 0.29) is 5.41 Å². The van der Waals surface area contributed by atoms with Gasteiger partial charge in [0, 0.05) is 6.54 Å². The summed E-state index contributed by atoms with van der Waals surface area (Å²) in [5, 5.41) is 13.7. The van der Waals surface area contributed by atoms with Crippen LogP contribution < -0.4 is 16.4 Å². The second-order valence-electron chi connectivity index (χ2n) is 5.41. The Morgan fingerprint density at radius 1 is 1.32 bits per heavy atom. The van der Waals surface area contributed by atoms with Gasteiger partial charge in [0.25, 0.3) is 0 Å². The van der Waals surface area contributed by atoms with Gasteiger partial charge in [-0.2, -0.15) is 0 Å². The first-order valence-corrected chi connectivity index (χ1v) is 6.38. The molecule has 7 heteroatoms. The summed E-state index contributed by atoms with van der Waals surface area (Å²) >= 11 is 0. The molecule has 0 heterocycles. The maximum absolute atomic E-state index is 11.6. The molecule has 1 aliphatic carbocycles. The molecular weight excluding hydrogens is 250 g/mol. The summed E-state index contributed by atoms with van der Waals surface area (Å²) in [4.78, 5) is 33.1. The SMILES string of the molecule is CC1(CNC(=O)N[C@@H](CC(N)=O)C(=O)O)CCCC1. The van der Waals surface area contributed by atoms with E-state index in [1.165, 1.54) is 0 Å². The monoisotopic (exact) mass is 271 g/mol. The molecule has 0 aromatic rings. The number of rotatable bonds is 6. The van der Waals surface area contributed by atoms with Crippen LogP contribution in [-0.4, -0.2) is 35.6 Å². The Morgan fingerprint density at radius 2 is 1.89 bits per heavy atom. The Kier molecular flexibility index (Phi) is 5.14. The van der Waals surface area contributed by atoms with Gasteiger partial charge in [-0.25, -0.2) is 9.59 Å². The van der Waals surface area contributed by atoms with Crippen LogP contribution in [0.25, 0.3) is 0 Å². The van der Waals surface area contributed by atoms with Gasteiger partial charge in [0.05, 0.1) is 6.42 Å². The maximum Gasteiger partial charge on any atom is 0.326 e. The molecule has 0 aliphatic heterocycles. The molecule has 0 bridgehead atoms. The lowest BCUT2D eigenvalue weighted by Crippen LogP contribution is -2.49. The van der Waals surface area contributed by atoms with Gasteiger partial charge in [-0.1, -0.05) is 19.8 Å². The van der Waals surface area contributed by atoms with E-state index in [1.54, 1.807) is 0 Å². The number of carboxylic acid groups (broad SMARTS) is 1. The molecule has 3 amide bonds. The molecule has 7 nitrogen and oxygen atoms in total. The van der Waals surface area contributed by atoms with E-state index >= 15 is 0 Å². The number of nitrogens with one attached hydrogen (secondary N) is 2. The van der Waals surface area contributed by atoms with Gasteiger partial charge >= 0.3 is 12.0 Å². The Hall–Kier alpha value is -1.79. The molecule has 1 atom stereocenters. The number of carboxylic acids is 1. The highest BCUT2D eigenvalue weighted by atomic mass is 16.4. The van der Waals surface area contributed by atoms with Crippen LogP contribution in [0.5, 0.6) is 0 Å². The van der Waals surface area contributed by atoms with Crippen LogP contribution in [0, 0.1) is 5.41 Å². The van der Waals surface area contributed by atoms with Crippen molar-refractivity contribution in [1.29, 1.82) is 0 Å². The molecule has 0 saturated heterocycles. The van der Waals surface area contributed by atoms with E-state index in [0.717, 1.165) is 25.7 Å². The van der Waals surface area contributed by atoms with Gasteiger partial charge in [-0.05, 0) is 18.3 Å². The Bertz CT molecular complexity index is 364. The number of amides is 3. The van der Waals surface area contributed by atoms with Crippen molar-refractivity contribution in [2.45, 2.75) is 45.1 Å². The molecule has 19 heavy (non-hydrogen) atoms.